The van der Waals surface area contributed by atoms with Crippen LogP contribution in [0, 0.1) is 11.3 Å². The van der Waals surface area contributed by atoms with Crippen molar-refractivity contribution in [2.75, 3.05) is 11.9 Å². The van der Waals surface area contributed by atoms with Gasteiger partial charge in [-0.15, -0.1) is 0 Å². The molecule has 2 aromatic rings. The average molecular weight is 474 g/mol. The third-order valence-corrected chi connectivity index (χ3v) is 5.45. The first kappa shape index (κ1) is 26.4. The standard InChI is InChI=1S/C23H25F3N6O2/c1-22(2,31(3)13-15-4-6-16(7-5-15)20(28)12-30-29)21(34)32(14-33)18-9-8-17(11-27)19(10-18)23(24,25)26/h4-10,12,14,30H,13,28-29H2,1-3H3/b20-12-. The first-order valence-corrected chi connectivity index (χ1v) is 9.99. The minimum Gasteiger partial charge on any atom is -0.397 e. The van der Waals surface area contributed by atoms with E-state index in [9.17, 15) is 22.8 Å². The highest BCUT2D eigenvalue weighted by Gasteiger charge is 2.38. The molecule has 0 saturated carbocycles. The van der Waals surface area contributed by atoms with Crippen molar-refractivity contribution in [1.82, 2.24) is 10.3 Å². The molecule has 2 amide bonds. The van der Waals surface area contributed by atoms with Gasteiger partial charge in [0.25, 0.3) is 5.91 Å². The van der Waals surface area contributed by atoms with Crippen molar-refractivity contribution in [3.8, 4) is 6.07 Å². The molecule has 0 aliphatic rings. The number of hydrazine groups is 1. The number of alkyl halides is 3. The van der Waals surface area contributed by atoms with Crippen molar-refractivity contribution in [3.05, 3.63) is 70.9 Å². The monoisotopic (exact) mass is 474 g/mol. The van der Waals surface area contributed by atoms with E-state index in [2.05, 4.69) is 5.43 Å². The van der Waals surface area contributed by atoms with Crippen LogP contribution in [0.3, 0.4) is 0 Å². The Kier molecular flexibility index (Phi) is 8.04. The fourth-order valence-corrected chi connectivity index (χ4v) is 3.15. The summed E-state index contributed by atoms with van der Waals surface area (Å²) in [4.78, 5) is 27.3. The van der Waals surface area contributed by atoms with Crippen molar-refractivity contribution >= 4 is 23.7 Å². The number of likely N-dealkylation sites (N-methyl/N-ethyl adjacent to an activating group) is 1. The van der Waals surface area contributed by atoms with Crippen LogP contribution in [-0.4, -0.2) is 29.8 Å². The number of anilines is 1. The molecule has 180 valence electrons. The molecule has 0 bridgehead atoms. The fourth-order valence-electron chi connectivity index (χ4n) is 3.15. The molecule has 8 nitrogen and oxygen atoms in total. The van der Waals surface area contributed by atoms with Crippen LogP contribution in [0.5, 0.6) is 0 Å². The average Bonchev–Trinajstić information content (AvgIpc) is 2.79. The first-order chi connectivity index (χ1) is 15.9. The van der Waals surface area contributed by atoms with E-state index in [1.165, 1.54) is 12.3 Å². The van der Waals surface area contributed by atoms with Gasteiger partial charge >= 0.3 is 6.18 Å². The Morgan fingerprint density at radius 3 is 2.29 bits per heavy atom. The number of nitrogens with two attached hydrogens (primary N) is 2. The third kappa shape index (κ3) is 5.72. The molecule has 0 spiro atoms. The van der Waals surface area contributed by atoms with Crippen LogP contribution in [0.15, 0.2) is 48.7 Å². The SMILES string of the molecule is CN(Cc1ccc(/C(N)=C/NN)cc1)C(C)(C)C(=O)N(C=O)c1ccc(C#N)c(C(F)(F)F)c1. The van der Waals surface area contributed by atoms with Crippen LogP contribution < -0.4 is 21.9 Å². The van der Waals surface area contributed by atoms with Gasteiger partial charge in [-0.1, -0.05) is 24.3 Å². The smallest absolute Gasteiger partial charge is 0.397 e. The fraction of sp³-hybridized carbons (Fsp3) is 0.261. The van der Waals surface area contributed by atoms with E-state index in [-0.39, 0.29) is 12.1 Å². The summed E-state index contributed by atoms with van der Waals surface area (Å²) in [5.41, 5.74) is 6.82. The van der Waals surface area contributed by atoms with Crippen LogP contribution in [0.2, 0.25) is 0 Å². The number of imide groups is 1. The topological polar surface area (TPSA) is 128 Å². The Bertz CT molecular complexity index is 1120. The molecular formula is C23H25F3N6O2. The summed E-state index contributed by atoms with van der Waals surface area (Å²) < 4.78 is 40.0. The third-order valence-electron chi connectivity index (χ3n) is 5.45. The van der Waals surface area contributed by atoms with Crippen LogP contribution in [0.25, 0.3) is 5.70 Å². The summed E-state index contributed by atoms with van der Waals surface area (Å²) in [5, 5.41) is 8.97. The second-order valence-corrected chi connectivity index (χ2v) is 8.00. The molecule has 2 aromatic carbocycles. The summed E-state index contributed by atoms with van der Waals surface area (Å²) >= 11 is 0. The minimum atomic E-state index is -4.82. The van der Waals surface area contributed by atoms with Crippen LogP contribution in [0.1, 0.15) is 36.1 Å². The first-order valence-electron chi connectivity index (χ1n) is 9.99. The zero-order chi connectivity index (χ0) is 25.7. The van der Waals surface area contributed by atoms with Gasteiger partial charge in [-0.25, -0.2) is 0 Å². The molecular weight excluding hydrogens is 449 g/mol. The lowest BCUT2D eigenvalue weighted by atomic mass is 9.99. The molecule has 0 radical (unpaired) electrons. The molecule has 0 aliphatic heterocycles. The molecule has 0 aliphatic carbocycles. The van der Waals surface area contributed by atoms with Gasteiger partial charge < -0.3 is 11.2 Å². The Morgan fingerprint density at radius 1 is 1.18 bits per heavy atom. The highest BCUT2D eigenvalue weighted by Crippen LogP contribution is 2.35. The Labute approximate surface area is 195 Å². The number of nitrogens with one attached hydrogen (secondary N) is 1. The number of carbonyl (C=O) groups is 2. The molecule has 2 rings (SSSR count). The lowest BCUT2D eigenvalue weighted by Gasteiger charge is -2.36. The molecule has 0 saturated heterocycles. The van der Waals surface area contributed by atoms with E-state index in [0.29, 0.717) is 23.2 Å². The van der Waals surface area contributed by atoms with E-state index in [1.807, 2.05) is 0 Å². The van der Waals surface area contributed by atoms with E-state index >= 15 is 0 Å². The molecule has 0 aromatic heterocycles. The predicted molar refractivity (Wildman–Crippen MR) is 121 cm³/mol. The molecule has 0 unspecified atom stereocenters. The van der Waals surface area contributed by atoms with E-state index in [0.717, 1.165) is 23.3 Å². The van der Waals surface area contributed by atoms with E-state index in [4.69, 9.17) is 16.8 Å². The number of amides is 2. The Balaban J connectivity index is 2.29. The van der Waals surface area contributed by atoms with E-state index in [1.54, 1.807) is 50.1 Å². The van der Waals surface area contributed by atoms with Gasteiger partial charge in [-0.3, -0.25) is 25.2 Å². The summed E-state index contributed by atoms with van der Waals surface area (Å²) in [5.74, 6) is 4.48. The van der Waals surface area contributed by atoms with Crippen LogP contribution >= 0.6 is 0 Å². The molecule has 0 atom stereocenters. The maximum atomic E-state index is 13.3. The van der Waals surface area contributed by atoms with Crippen molar-refractivity contribution in [2.45, 2.75) is 32.1 Å². The highest BCUT2D eigenvalue weighted by atomic mass is 19.4. The van der Waals surface area contributed by atoms with Crippen LogP contribution in [0.4, 0.5) is 18.9 Å². The van der Waals surface area contributed by atoms with Crippen molar-refractivity contribution in [1.29, 1.82) is 5.26 Å². The molecule has 5 N–H and O–H groups in total. The van der Waals surface area contributed by atoms with Gasteiger partial charge in [-0.05, 0) is 50.2 Å². The van der Waals surface area contributed by atoms with Gasteiger partial charge in [0, 0.05) is 12.7 Å². The lowest BCUT2D eigenvalue weighted by Crippen LogP contribution is -2.54. The van der Waals surface area contributed by atoms with Crippen LogP contribution in [-0.2, 0) is 22.3 Å². The maximum Gasteiger partial charge on any atom is 0.417 e. The van der Waals surface area contributed by atoms with Crippen molar-refractivity contribution < 1.29 is 22.8 Å². The van der Waals surface area contributed by atoms with Gasteiger partial charge in [0.2, 0.25) is 6.41 Å². The lowest BCUT2D eigenvalue weighted by molar-refractivity contribution is -0.138. The number of hydrogen-bond acceptors (Lipinski definition) is 7. The molecule has 0 fully saturated rings. The quantitative estimate of drug-likeness (QED) is 0.305. The number of halogens is 3. The van der Waals surface area contributed by atoms with E-state index < -0.39 is 28.7 Å². The number of nitrogens with zero attached hydrogens (tertiary/aromatic N) is 3. The summed E-state index contributed by atoms with van der Waals surface area (Å²) in [6.07, 6.45) is -3.23. The minimum absolute atomic E-state index is 0.162. The Morgan fingerprint density at radius 2 is 1.79 bits per heavy atom. The zero-order valence-corrected chi connectivity index (χ0v) is 18.8. The molecule has 11 heteroatoms. The largest absolute Gasteiger partial charge is 0.417 e. The van der Waals surface area contributed by atoms with Gasteiger partial charge in [-0.2, -0.15) is 18.4 Å². The predicted octanol–water partition coefficient (Wildman–Crippen LogP) is 2.70. The van der Waals surface area contributed by atoms with Crippen molar-refractivity contribution in [3.63, 3.8) is 0 Å². The Hall–Kier alpha value is -3.88. The zero-order valence-electron chi connectivity index (χ0n) is 18.8. The summed E-state index contributed by atoms with van der Waals surface area (Å²) in [6.45, 7) is 3.41. The number of hydrogen-bond donors (Lipinski definition) is 3. The second kappa shape index (κ2) is 10.4. The van der Waals surface area contributed by atoms with Crippen molar-refractivity contribution in [2.24, 2.45) is 11.6 Å². The molecule has 0 heterocycles. The maximum absolute atomic E-state index is 13.3. The van der Waals surface area contributed by atoms with Gasteiger partial charge in [0.1, 0.15) is 0 Å². The van der Waals surface area contributed by atoms with Gasteiger partial charge in [0.05, 0.1) is 34.1 Å². The number of nitriles is 1. The number of benzene rings is 2. The summed E-state index contributed by atoms with van der Waals surface area (Å²) in [7, 11) is 1.65. The highest BCUT2D eigenvalue weighted by molar-refractivity contribution is 6.11. The number of carbonyl (C=O) groups excluding carboxylic acids is 2. The second-order valence-electron chi connectivity index (χ2n) is 8.00. The normalized spacial score (nSPS) is 12.3. The summed E-state index contributed by atoms with van der Waals surface area (Å²) in [6, 6.07) is 11.3. The van der Waals surface area contributed by atoms with Gasteiger partial charge in [0.15, 0.2) is 0 Å². The molecule has 34 heavy (non-hydrogen) atoms. The number of rotatable bonds is 8.